The molecular formula is H15IrN9O8. The first-order valence-corrected chi connectivity index (χ1v) is 2.68. The summed E-state index contributed by atoms with van der Waals surface area (Å²) in [5.41, 5.74) is 0. The number of nitrogens with zero attached hydrogens (tertiary/aromatic N) is 4. The van der Waals surface area contributed by atoms with Gasteiger partial charge in [-0.2, -0.15) is 0 Å². The quantitative estimate of drug-likeness (QED) is 0.193. The number of rotatable bonds is 0. The van der Waals surface area contributed by atoms with E-state index in [1.165, 1.54) is 0 Å². The van der Waals surface area contributed by atoms with E-state index in [2.05, 4.69) is 0 Å². The Morgan fingerprint density at radius 3 is 0.722 bits per heavy atom. The molecule has 0 aliphatic heterocycles. The van der Waals surface area contributed by atoms with Crippen molar-refractivity contribution >= 4 is 0 Å². The second-order valence-corrected chi connectivity index (χ2v) is 1.29. The Bertz CT molecular complexity index is 111. The zero-order chi connectivity index (χ0) is 11.7. The summed E-state index contributed by atoms with van der Waals surface area (Å²) < 4.78 is -0.500. The average molecular weight is 461 g/mol. The molecule has 0 rings (SSSR count). The number of hydrogen-bond donors (Lipinski definition) is 5. The van der Waals surface area contributed by atoms with Crippen LogP contribution in [-0.2, 0) is 19.1 Å². The SMILES string of the molecule is N.N.N.N.N.O=N[O-].O=N[O-].O=N[O-].O=[N+]([O-])[Ir+3]. The molecule has 0 aromatic carbocycles. The van der Waals surface area contributed by atoms with Gasteiger partial charge in [-0.1, -0.05) is 0 Å². The Hall–Kier alpha value is -1.95. The van der Waals surface area contributed by atoms with Crippen molar-refractivity contribution in [3.05, 3.63) is 40.5 Å². The molecule has 0 atom stereocenters. The fourth-order valence-electron chi connectivity index (χ4n) is 0. The van der Waals surface area contributed by atoms with Crippen molar-refractivity contribution in [2.24, 2.45) is 16.0 Å². The van der Waals surface area contributed by atoms with Gasteiger partial charge in [-0.15, -0.1) is 16.0 Å². The van der Waals surface area contributed by atoms with Crippen LogP contribution in [0.3, 0.4) is 0 Å². The van der Waals surface area contributed by atoms with E-state index in [1.807, 2.05) is 0 Å². The van der Waals surface area contributed by atoms with E-state index >= 15 is 0 Å². The van der Waals surface area contributed by atoms with E-state index in [1.54, 1.807) is 0 Å². The molecule has 117 valence electrons. The van der Waals surface area contributed by atoms with Crippen molar-refractivity contribution in [3.63, 3.8) is 0 Å². The molecule has 0 aliphatic rings. The first kappa shape index (κ1) is 73.1. The Morgan fingerprint density at radius 1 is 0.722 bits per heavy atom. The van der Waals surface area contributed by atoms with Crippen LogP contribution in [0.15, 0.2) is 16.0 Å². The zero-order valence-corrected chi connectivity index (χ0v) is 11.3. The molecule has 0 unspecified atom stereocenters. The Morgan fingerprint density at radius 2 is 0.722 bits per heavy atom. The van der Waals surface area contributed by atoms with E-state index in [-0.39, 0.29) is 30.8 Å². The minimum atomic E-state index is -0.500. The predicted molar refractivity (Wildman–Crippen MR) is 59.6 cm³/mol. The molecule has 0 saturated carbocycles. The molecule has 18 heteroatoms. The molecule has 17 nitrogen and oxygen atoms in total. The molecule has 0 saturated heterocycles. The van der Waals surface area contributed by atoms with Gasteiger partial charge in [0.05, 0.1) is 0 Å². The van der Waals surface area contributed by atoms with E-state index in [0.717, 1.165) is 35.2 Å². The second-order valence-electron chi connectivity index (χ2n) is 0.420. The van der Waals surface area contributed by atoms with Gasteiger partial charge >= 0.3 is 32.9 Å². The molecular weight excluding hydrogens is 446 g/mol. The van der Waals surface area contributed by atoms with Crippen LogP contribution in [0.4, 0.5) is 0 Å². The van der Waals surface area contributed by atoms with Crippen LogP contribution in [-0.4, -0.2) is 3.59 Å². The fourth-order valence-corrected chi connectivity index (χ4v) is 0. The van der Waals surface area contributed by atoms with Gasteiger partial charge in [0, 0.05) is 0 Å². The molecule has 0 aromatic rings. The Balaban J connectivity index is -0.00000000790. The number of hydrogen-bond acceptors (Lipinski definition) is 16. The van der Waals surface area contributed by atoms with E-state index in [0.29, 0.717) is 0 Å². The summed E-state index contributed by atoms with van der Waals surface area (Å²) in [5, 5.41) is 35.8. The normalized spacial score (nSPS) is 3.33. The van der Waals surface area contributed by atoms with Gasteiger partial charge in [0.15, 0.2) is 0 Å². The summed E-state index contributed by atoms with van der Waals surface area (Å²) in [6, 6.07) is 0. The molecule has 0 radical (unpaired) electrons. The predicted octanol–water partition coefficient (Wildman–Crippen LogP) is 1.29. The summed E-state index contributed by atoms with van der Waals surface area (Å²) in [4.78, 5) is 32.8. The topological polar surface area (TPSA) is 376 Å². The minimum absolute atomic E-state index is 0. The third-order valence-electron chi connectivity index (χ3n) is 0. The molecule has 0 spiro atoms. The molecule has 0 aliphatic carbocycles. The maximum atomic E-state index is 8.81. The summed E-state index contributed by atoms with van der Waals surface area (Å²) in [7, 11) is 0. The van der Waals surface area contributed by atoms with Crippen molar-refractivity contribution in [1.29, 1.82) is 0 Å². The van der Waals surface area contributed by atoms with Crippen molar-refractivity contribution < 1.29 is 22.7 Å². The third-order valence-corrected chi connectivity index (χ3v) is 0. The van der Waals surface area contributed by atoms with Crippen LogP contribution in [0.2, 0.25) is 0 Å². The van der Waals surface area contributed by atoms with Crippen molar-refractivity contribution in [3.8, 4) is 0 Å². The molecule has 18 heavy (non-hydrogen) atoms. The van der Waals surface area contributed by atoms with Gasteiger partial charge in [-0.25, -0.2) is 0 Å². The van der Waals surface area contributed by atoms with Crippen molar-refractivity contribution in [1.82, 2.24) is 30.8 Å². The molecule has 0 heterocycles. The van der Waals surface area contributed by atoms with Crippen LogP contribution in [0, 0.1) is 40.5 Å². The molecule has 0 fully saturated rings. The van der Waals surface area contributed by atoms with Gasteiger partial charge in [0.25, 0.3) is 0 Å². The van der Waals surface area contributed by atoms with Gasteiger partial charge < -0.3 is 61.1 Å². The van der Waals surface area contributed by atoms with Crippen LogP contribution in [0.1, 0.15) is 0 Å². The van der Waals surface area contributed by atoms with Gasteiger partial charge in [0.2, 0.25) is 0 Å². The molecule has 0 aromatic heterocycles. The van der Waals surface area contributed by atoms with Gasteiger partial charge in [-0.3, -0.25) is 0 Å². The summed E-state index contributed by atoms with van der Waals surface area (Å²) in [6.45, 7) is 0. The first-order valence-electron chi connectivity index (χ1n) is 1.61. The number of nitro groups is 1. The van der Waals surface area contributed by atoms with E-state index < -0.39 is 3.59 Å². The van der Waals surface area contributed by atoms with Gasteiger partial charge in [-0.05, 0) is 0 Å². The third kappa shape index (κ3) is 629. The van der Waals surface area contributed by atoms with E-state index in [9.17, 15) is 0 Å². The van der Waals surface area contributed by atoms with Crippen LogP contribution >= 0.6 is 0 Å². The molecule has 0 amide bonds. The fraction of sp³-hybridized carbons (Fsp3) is 0. The maximum absolute atomic E-state index is 8.81. The summed E-state index contributed by atoms with van der Waals surface area (Å²) >= 11 is 0.889. The summed E-state index contributed by atoms with van der Waals surface area (Å²) in [6.07, 6.45) is 0. The first-order chi connectivity index (χ1) is 5.97. The van der Waals surface area contributed by atoms with Gasteiger partial charge in [0.1, 0.15) is 0 Å². The monoisotopic (exact) mass is 462 g/mol. The standard InChI is InChI=1S/Ir.3HNO2.NO2.5H3N/c;4*2-1-3;;;;;/h;3*(H,2,3);;5*1H3/q+3;;;;;;;;;/p-3. The van der Waals surface area contributed by atoms with Crippen molar-refractivity contribution in [2.75, 3.05) is 0 Å². The zero-order valence-electron chi connectivity index (χ0n) is 8.92. The molecule has 15 N–H and O–H groups in total. The van der Waals surface area contributed by atoms with Crippen molar-refractivity contribution in [2.45, 2.75) is 0 Å². The Labute approximate surface area is 111 Å². The van der Waals surface area contributed by atoms with Crippen LogP contribution in [0.25, 0.3) is 0 Å². The summed E-state index contributed by atoms with van der Waals surface area (Å²) in [5.74, 6) is 0. The average Bonchev–Trinajstić information content (AvgIpc) is 1.88. The molecule has 0 bridgehead atoms. The Kier molecular flexibility index (Phi) is 736. The van der Waals surface area contributed by atoms with Crippen LogP contribution < -0.4 is 30.8 Å². The second kappa shape index (κ2) is 181. The van der Waals surface area contributed by atoms with Crippen LogP contribution in [0.5, 0.6) is 0 Å². The van der Waals surface area contributed by atoms with E-state index in [4.69, 9.17) is 40.5 Å².